The molecule has 0 amide bonds. The fourth-order valence-corrected chi connectivity index (χ4v) is 3.28. The third-order valence-electron chi connectivity index (χ3n) is 2.86. The predicted molar refractivity (Wildman–Crippen MR) is 90.6 cm³/mol. The Bertz CT molecular complexity index is 602. The summed E-state index contributed by atoms with van der Waals surface area (Å²) in [6, 6.07) is 5.94. The fraction of sp³-hybridized carbons (Fsp3) is 0.400. The van der Waals surface area contributed by atoms with Gasteiger partial charge in [-0.3, -0.25) is 4.98 Å². The number of nitrogen functional groups attached to an aromatic ring is 1. The third-order valence-corrected chi connectivity index (χ3v) is 4.35. The first-order valence-electron chi connectivity index (χ1n) is 6.82. The van der Waals surface area contributed by atoms with Gasteiger partial charge in [0.15, 0.2) is 5.16 Å². The van der Waals surface area contributed by atoms with E-state index in [0.29, 0.717) is 16.9 Å². The van der Waals surface area contributed by atoms with E-state index in [2.05, 4.69) is 34.9 Å². The highest BCUT2D eigenvalue weighted by molar-refractivity contribution is 7.99. The molecule has 2 N–H and O–H groups in total. The van der Waals surface area contributed by atoms with Gasteiger partial charge >= 0.3 is 0 Å². The van der Waals surface area contributed by atoms with Crippen LogP contribution in [0, 0.1) is 5.92 Å². The molecular weight excluding hydrogens is 300 g/mol. The summed E-state index contributed by atoms with van der Waals surface area (Å²) in [7, 11) is 0. The molecule has 0 saturated heterocycles. The van der Waals surface area contributed by atoms with Crippen LogP contribution in [0.4, 0.5) is 5.82 Å². The standard InChI is InChI=1S/C15H20N4S2/c1-10(2)7-11-5-4-6-17-12(11)9-21-15-18-13(16)8-14(19-15)20-3/h4-6,8,10H,7,9H2,1-3H3,(H2,16,18,19). The molecule has 4 nitrogen and oxygen atoms in total. The number of hydrogen-bond donors (Lipinski definition) is 1. The number of thioether (sulfide) groups is 2. The third kappa shape index (κ3) is 4.89. The van der Waals surface area contributed by atoms with Gasteiger partial charge in [-0.15, -0.1) is 11.8 Å². The zero-order valence-corrected chi connectivity index (χ0v) is 14.2. The average molecular weight is 320 g/mol. The van der Waals surface area contributed by atoms with E-state index in [0.717, 1.165) is 22.9 Å². The van der Waals surface area contributed by atoms with Gasteiger partial charge in [0.05, 0.1) is 5.69 Å². The Hall–Kier alpha value is -1.27. The van der Waals surface area contributed by atoms with Crippen LogP contribution in [0.15, 0.2) is 34.6 Å². The fourth-order valence-electron chi connectivity index (χ4n) is 1.95. The van der Waals surface area contributed by atoms with Crippen molar-refractivity contribution in [3.63, 3.8) is 0 Å². The molecule has 112 valence electrons. The minimum atomic E-state index is 0.514. The van der Waals surface area contributed by atoms with Crippen LogP contribution in [0.2, 0.25) is 0 Å². The lowest BCUT2D eigenvalue weighted by Crippen LogP contribution is -2.01. The van der Waals surface area contributed by atoms with E-state index in [4.69, 9.17) is 5.73 Å². The molecule has 0 atom stereocenters. The van der Waals surface area contributed by atoms with Crippen molar-refractivity contribution >= 4 is 29.3 Å². The minimum Gasteiger partial charge on any atom is -0.384 e. The van der Waals surface area contributed by atoms with Crippen LogP contribution in [-0.4, -0.2) is 21.2 Å². The molecule has 2 heterocycles. The SMILES string of the molecule is CSc1cc(N)nc(SCc2ncccc2CC(C)C)n1. The van der Waals surface area contributed by atoms with Crippen molar-refractivity contribution < 1.29 is 0 Å². The van der Waals surface area contributed by atoms with Crippen molar-refractivity contribution in [1.29, 1.82) is 0 Å². The molecule has 0 spiro atoms. The van der Waals surface area contributed by atoms with E-state index in [1.165, 1.54) is 5.56 Å². The lowest BCUT2D eigenvalue weighted by molar-refractivity contribution is 0.642. The molecule has 0 aromatic carbocycles. The topological polar surface area (TPSA) is 64.7 Å². The summed E-state index contributed by atoms with van der Waals surface area (Å²) in [5.41, 5.74) is 8.21. The van der Waals surface area contributed by atoms with Gasteiger partial charge in [0.25, 0.3) is 0 Å². The van der Waals surface area contributed by atoms with E-state index < -0.39 is 0 Å². The molecule has 2 rings (SSSR count). The van der Waals surface area contributed by atoms with Crippen LogP contribution in [0.25, 0.3) is 0 Å². The summed E-state index contributed by atoms with van der Waals surface area (Å²) in [4.78, 5) is 13.2. The van der Waals surface area contributed by atoms with Gasteiger partial charge in [0, 0.05) is 18.0 Å². The van der Waals surface area contributed by atoms with E-state index in [-0.39, 0.29) is 0 Å². The minimum absolute atomic E-state index is 0.514. The number of hydrogen-bond acceptors (Lipinski definition) is 6. The van der Waals surface area contributed by atoms with Crippen LogP contribution < -0.4 is 5.73 Å². The highest BCUT2D eigenvalue weighted by Gasteiger charge is 2.08. The number of anilines is 1. The Labute approximate surface area is 134 Å². The second-order valence-electron chi connectivity index (χ2n) is 5.11. The van der Waals surface area contributed by atoms with E-state index >= 15 is 0 Å². The molecule has 0 unspecified atom stereocenters. The molecule has 0 bridgehead atoms. The molecule has 0 aliphatic rings. The maximum Gasteiger partial charge on any atom is 0.190 e. The maximum absolute atomic E-state index is 5.81. The Morgan fingerprint density at radius 3 is 2.81 bits per heavy atom. The molecule has 2 aromatic rings. The quantitative estimate of drug-likeness (QED) is 0.498. The largest absolute Gasteiger partial charge is 0.384 e. The van der Waals surface area contributed by atoms with Crippen molar-refractivity contribution in [2.24, 2.45) is 5.92 Å². The van der Waals surface area contributed by atoms with Crippen molar-refractivity contribution in [1.82, 2.24) is 15.0 Å². The molecule has 0 radical (unpaired) electrons. The summed E-state index contributed by atoms with van der Waals surface area (Å²) >= 11 is 3.15. The average Bonchev–Trinajstić information content (AvgIpc) is 2.45. The first-order chi connectivity index (χ1) is 10.1. The normalized spacial score (nSPS) is 11.0. The molecule has 21 heavy (non-hydrogen) atoms. The van der Waals surface area contributed by atoms with Crippen LogP contribution in [-0.2, 0) is 12.2 Å². The predicted octanol–water partition coefficient (Wildman–Crippen LogP) is 3.67. The first-order valence-corrected chi connectivity index (χ1v) is 9.03. The summed E-state index contributed by atoms with van der Waals surface area (Å²) in [6.07, 6.45) is 4.86. The zero-order chi connectivity index (χ0) is 15.2. The molecule has 0 aliphatic heterocycles. The lowest BCUT2D eigenvalue weighted by atomic mass is 10.0. The summed E-state index contributed by atoms with van der Waals surface area (Å²) in [5, 5.41) is 1.61. The number of nitrogens with zero attached hydrogens (tertiary/aromatic N) is 3. The van der Waals surface area contributed by atoms with Crippen molar-refractivity contribution in [3.05, 3.63) is 35.7 Å². The van der Waals surface area contributed by atoms with Gasteiger partial charge in [0.2, 0.25) is 0 Å². The number of nitrogens with two attached hydrogens (primary N) is 1. The van der Waals surface area contributed by atoms with Gasteiger partial charge in [-0.2, -0.15) is 0 Å². The Kier molecular flexibility index (Phi) is 5.87. The van der Waals surface area contributed by atoms with Gasteiger partial charge in [-0.1, -0.05) is 31.7 Å². The summed E-state index contributed by atoms with van der Waals surface area (Å²) in [6.45, 7) is 4.44. The van der Waals surface area contributed by atoms with Gasteiger partial charge in [-0.25, -0.2) is 9.97 Å². The Balaban J connectivity index is 2.11. The van der Waals surface area contributed by atoms with Crippen LogP contribution in [0.5, 0.6) is 0 Å². The second-order valence-corrected chi connectivity index (χ2v) is 6.88. The number of pyridine rings is 1. The molecule has 6 heteroatoms. The van der Waals surface area contributed by atoms with E-state index in [1.54, 1.807) is 29.6 Å². The van der Waals surface area contributed by atoms with Gasteiger partial charge < -0.3 is 5.73 Å². The maximum atomic E-state index is 5.81. The van der Waals surface area contributed by atoms with Gasteiger partial charge in [0.1, 0.15) is 10.8 Å². The molecular formula is C15H20N4S2. The molecule has 0 saturated carbocycles. The number of aromatic nitrogens is 3. The monoisotopic (exact) mass is 320 g/mol. The Morgan fingerprint density at radius 2 is 2.10 bits per heavy atom. The van der Waals surface area contributed by atoms with Crippen molar-refractivity contribution in [3.8, 4) is 0 Å². The van der Waals surface area contributed by atoms with Crippen LogP contribution >= 0.6 is 23.5 Å². The smallest absolute Gasteiger partial charge is 0.190 e. The highest BCUT2D eigenvalue weighted by atomic mass is 32.2. The van der Waals surface area contributed by atoms with E-state index in [1.807, 2.05) is 18.5 Å². The molecule has 0 aliphatic carbocycles. The molecule has 2 aromatic heterocycles. The van der Waals surface area contributed by atoms with E-state index in [9.17, 15) is 0 Å². The zero-order valence-electron chi connectivity index (χ0n) is 12.5. The highest BCUT2D eigenvalue weighted by Crippen LogP contribution is 2.24. The lowest BCUT2D eigenvalue weighted by Gasteiger charge is -2.10. The Morgan fingerprint density at radius 1 is 1.29 bits per heavy atom. The summed E-state index contributed by atoms with van der Waals surface area (Å²) in [5.74, 6) is 1.89. The van der Waals surface area contributed by atoms with Crippen LogP contribution in [0.3, 0.4) is 0 Å². The first kappa shape index (κ1) is 16.1. The second kappa shape index (κ2) is 7.66. The van der Waals surface area contributed by atoms with Crippen LogP contribution in [0.1, 0.15) is 25.1 Å². The van der Waals surface area contributed by atoms with Crippen molar-refractivity contribution in [2.75, 3.05) is 12.0 Å². The molecule has 0 fully saturated rings. The summed E-state index contributed by atoms with van der Waals surface area (Å²) < 4.78 is 0. The number of rotatable bonds is 6. The van der Waals surface area contributed by atoms with Crippen molar-refractivity contribution in [2.45, 2.75) is 36.2 Å². The van der Waals surface area contributed by atoms with Gasteiger partial charge in [-0.05, 0) is 30.2 Å².